The van der Waals surface area contributed by atoms with Crippen molar-refractivity contribution >= 4 is 17.7 Å². The maximum atomic E-state index is 12.6. The highest BCUT2D eigenvalue weighted by molar-refractivity contribution is 5.98. The lowest BCUT2D eigenvalue weighted by molar-refractivity contribution is -0.143. The van der Waals surface area contributed by atoms with E-state index in [2.05, 4.69) is 10.3 Å². The largest absolute Gasteiger partial charge is 0.481 e. The molecule has 0 spiro atoms. The lowest BCUT2D eigenvalue weighted by atomic mass is 9.96. The average Bonchev–Trinajstić information content (AvgIpc) is 2.46. The first kappa shape index (κ1) is 15.3. The third-order valence-corrected chi connectivity index (χ3v) is 3.59. The Kier molecular flexibility index (Phi) is 4.77. The summed E-state index contributed by atoms with van der Waals surface area (Å²) in [6, 6.07) is 3.68. The summed E-state index contributed by atoms with van der Waals surface area (Å²) >= 11 is 0. The number of carbonyl (C=O) groups excluding carboxylic acids is 1. The number of carboxylic acids is 1. The summed E-state index contributed by atoms with van der Waals surface area (Å²) in [7, 11) is 0. The molecule has 1 aliphatic heterocycles. The van der Waals surface area contributed by atoms with Gasteiger partial charge in [0, 0.05) is 25.3 Å². The van der Waals surface area contributed by atoms with Gasteiger partial charge in [-0.3, -0.25) is 9.59 Å². The molecule has 114 valence electrons. The quantitative estimate of drug-likeness (QED) is 0.884. The number of nitrogens with zero attached hydrogens (tertiary/aromatic N) is 2. The second-order valence-electron chi connectivity index (χ2n) is 5.60. The molecule has 1 aliphatic rings. The number of nitrogens with one attached hydrogen (secondary N) is 1. The Bertz CT molecular complexity index is 523. The van der Waals surface area contributed by atoms with Crippen LogP contribution in [0.1, 0.15) is 37.0 Å². The molecule has 2 heterocycles. The lowest BCUT2D eigenvalue weighted by Gasteiger charge is -2.30. The minimum absolute atomic E-state index is 0.0879. The minimum atomic E-state index is -0.773. The van der Waals surface area contributed by atoms with Gasteiger partial charge < -0.3 is 15.3 Å². The number of amides is 1. The maximum Gasteiger partial charge on any atom is 0.306 e. The van der Waals surface area contributed by atoms with Crippen molar-refractivity contribution in [3.63, 3.8) is 0 Å². The molecule has 0 bridgehead atoms. The van der Waals surface area contributed by atoms with Crippen LogP contribution in [0, 0.1) is 5.92 Å². The second-order valence-corrected chi connectivity index (χ2v) is 5.60. The Hall–Kier alpha value is -2.11. The zero-order valence-electron chi connectivity index (χ0n) is 12.4. The van der Waals surface area contributed by atoms with Crippen LogP contribution in [0.25, 0.3) is 0 Å². The summed E-state index contributed by atoms with van der Waals surface area (Å²) in [5.74, 6) is -0.616. The highest BCUT2D eigenvalue weighted by Gasteiger charge is 2.28. The van der Waals surface area contributed by atoms with Gasteiger partial charge in [-0.05, 0) is 38.8 Å². The van der Waals surface area contributed by atoms with Gasteiger partial charge in [-0.2, -0.15) is 0 Å². The Balaban J connectivity index is 2.09. The van der Waals surface area contributed by atoms with Crippen molar-refractivity contribution in [2.45, 2.75) is 32.7 Å². The Morgan fingerprint density at radius 3 is 2.62 bits per heavy atom. The van der Waals surface area contributed by atoms with Gasteiger partial charge in [0.25, 0.3) is 5.91 Å². The molecule has 0 radical (unpaired) electrons. The van der Waals surface area contributed by atoms with Crippen LogP contribution in [0.2, 0.25) is 0 Å². The van der Waals surface area contributed by atoms with E-state index in [1.165, 1.54) is 0 Å². The fraction of sp³-hybridized carbons (Fsp3) is 0.533. The molecular weight excluding hydrogens is 270 g/mol. The zero-order chi connectivity index (χ0) is 15.4. The van der Waals surface area contributed by atoms with Crippen molar-refractivity contribution in [3.05, 3.63) is 23.9 Å². The number of hydrogen-bond acceptors (Lipinski definition) is 4. The molecule has 1 amide bonds. The molecule has 0 unspecified atom stereocenters. The lowest BCUT2D eigenvalue weighted by Crippen LogP contribution is -2.40. The van der Waals surface area contributed by atoms with Gasteiger partial charge >= 0.3 is 5.97 Å². The van der Waals surface area contributed by atoms with E-state index in [-0.39, 0.29) is 17.9 Å². The van der Waals surface area contributed by atoms with E-state index < -0.39 is 5.97 Å². The van der Waals surface area contributed by atoms with Crippen molar-refractivity contribution in [1.29, 1.82) is 0 Å². The summed E-state index contributed by atoms with van der Waals surface area (Å²) in [5.41, 5.74) is 0.542. The predicted octanol–water partition coefficient (Wildman–Crippen LogP) is 1.84. The first-order valence-electron chi connectivity index (χ1n) is 7.22. The number of anilines is 1. The monoisotopic (exact) mass is 291 g/mol. The normalized spacial score (nSPS) is 16.0. The number of hydrogen-bond donors (Lipinski definition) is 2. The van der Waals surface area contributed by atoms with E-state index in [1.807, 2.05) is 13.8 Å². The van der Waals surface area contributed by atoms with Crippen LogP contribution in [-0.2, 0) is 4.79 Å². The van der Waals surface area contributed by atoms with Gasteiger partial charge in [0.15, 0.2) is 0 Å². The molecular formula is C15H21N3O3. The Morgan fingerprint density at radius 1 is 1.38 bits per heavy atom. The SMILES string of the molecule is CC(C)Nc1ncccc1C(=O)N1CCC(C(=O)O)CC1. The Morgan fingerprint density at radius 2 is 2.05 bits per heavy atom. The van der Waals surface area contributed by atoms with E-state index in [0.29, 0.717) is 37.3 Å². The number of carboxylic acid groups (broad SMARTS) is 1. The predicted molar refractivity (Wildman–Crippen MR) is 79.3 cm³/mol. The summed E-state index contributed by atoms with van der Waals surface area (Å²) in [6.07, 6.45) is 2.67. The second kappa shape index (κ2) is 6.56. The minimum Gasteiger partial charge on any atom is -0.481 e. The van der Waals surface area contributed by atoms with Crippen molar-refractivity contribution in [2.24, 2.45) is 5.92 Å². The summed E-state index contributed by atoms with van der Waals surface area (Å²) < 4.78 is 0. The fourth-order valence-electron chi connectivity index (χ4n) is 2.47. The number of aliphatic carboxylic acids is 1. The highest BCUT2D eigenvalue weighted by Crippen LogP contribution is 2.21. The number of likely N-dealkylation sites (tertiary alicyclic amines) is 1. The molecule has 0 aromatic carbocycles. The molecule has 6 heteroatoms. The van der Waals surface area contributed by atoms with E-state index in [1.54, 1.807) is 23.2 Å². The van der Waals surface area contributed by atoms with Gasteiger partial charge in [0.2, 0.25) is 0 Å². The van der Waals surface area contributed by atoms with E-state index in [9.17, 15) is 9.59 Å². The van der Waals surface area contributed by atoms with E-state index >= 15 is 0 Å². The number of aromatic nitrogens is 1. The van der Waals surface area contributed by atoms with Gasteiger partial charge in [0.1, 0.15) is 5.82 Å². The maximum absolute atomic E-state index is 12.6. The number of carbonyl (C=O) groups is 2. The third kappa shape index (κ3) is 3.71. The van der Waals surface area contributed by atoms with Crippen molar-refractivity contribution < 1.29 is 14.7 Å². The summed E-state index contributed by atoms with van der Waals surface area (Å²) in [5, 5.41) is 12.2. The van der Waals surface area contributed by atoms with Crippen LogP contribution in [-0.4, -0.2) is 46.0 Å². The third-order valence-electron chi connectivity index (χ3n) is 3.59. The number of piperidine rings is 1. The van der Waals surface area contributed by atoms with E-state index in [4.69, 9.17) is 5.11 Å². The molecule has 1 aromatic rings. The van der Waals surface area contributed by atoms with Crippen LogP contribution < -0.4 is 5.32 Å². The topological polar surface area (TPSA) is 82.5 Å². The summed E-state index contributed by atoms with van der Waals surface area (Å²) in [6.45, 7) is 4.93. The molecule has 0 saturated carbocycles. The van der Waals surface area contributed by atoms with Gasteiger partial charge in [-0.25, -0.2) is 4.98 Å². The molecule has 2 N–H and O–H groups in total. The molecule has 0 atom stereocenters. The van der Waals surface area contributed by atoms with Crippen LogP contribution in [0.4, 0.5) is 5.82 Å². The highest BCUT2D eigenvalue weighted by atomic mass is 16.4. The first-order valence-corrected chi connectivity index (χ1v) is 7.22. The van der Waals surface area contributed by atoms with Crippen molar-refractivity contribution in [1.82, 2.24) is 9.88 Å². The molecule has 2 rings (SSSR count). The van der Waals surface area contributed by atoms with Crippen molar-refractivity contribution in [3.8, 4) is 0 Å². The van der Waals surface area contributed by atoms with E-state index in [0.717, 1.165) is 0 Å². The fourth-order valence-corrected chi connectivity index (χ4v) is 2.47. The first-order chi connectivity index (χ1) is 9.99. The number of rotatable bonds is 4. The van der Waals surface area contributed by atoms with Crippen LogP contribution in [0.5, 0.6) is 0 Å². The van der Waals surface area contributed by atoms with Gasteiger partial charge in [0.05, 0.1) is 11.5 Å². The standard InChI is InChI=1S/C15H21N3O3/c1-10(2)17-13-12(4-3-7-16-13)14(19)18-8-5-11(6-9-18)15(20)21/h3-4,7,10-11H,5-6,8-9H2,1-2H3,(H,16,17)(H,20,21). The molecule has 1 fully saturated rings. The smallest absolute Gasteiger partial charge is 0.306 e. The van der Waals surface area contributed by atoms with Gasteiger partial charge in [-0.1, -0.05) is 0 Å². The molecule has 1 saturated heterocycles. The molecule has 1 aromatic heterocycles. The van der Waals surface area contributed by atoms with Gasteiger partial charge in [-0.15, -0.1) is 0 Å². The van der Waals surface area contributed by atoms with Crippen molar-refractivity contribution in [2.75, 3.05) is 18.4 Å². The summed E-state index contributed by atoms with van der Waals surface area (Å²) in [4.78, 5) is 29.5. The average molecular weight is 291 g/mol. The zero-order valence-corrected chi connectivity index (χ0v) is 12.4. The number of pyridine rings is 1. The Labute approximate surface area is 124 Å². The molecule has 0 aliphatic carbocycles. The van der Waals surface area contributed by atoms with Crippen LogP contribution in [0.3, 0.4) is 0 Å². The van der Waals surface area contributed by atoms with Crippen LogP contribution in [0.15, 0.2) is 18.3 Å². The van der Waals surface area contributed by atoms with Crippen LogP contribution >= 0.6 is 0 Å². The molecule has 21 heavy (non-hydrogen) atoms. The molecule has 6 nitrogen and oxygen atoms in total.